The van der Waals surface area contributed by atoms with Crippen molar-refractivity contribution in [1.82, 2.24) is 4.90 Å². The van der Waals surface area contributed by atoms with Crippen LogP contribution in [0.3, 0.4) is 0 Å². The number of carbonyl (C=O) groups excluding carboxylic acids is 1. The molecule has 0 aromatic carbocycles. The topological polar surface area (TPSA) is 175 Å². The molecule has 1 saturated heterocycles. The maximum Gasteiger partial charge on any atom is 0.469 e. The van der Waals surface area contributed by atoms with Crippen molar-refractivity contribution in [2.75, 3.05) is 13.7 Å². The Morgan fingerprint density at radius 3 is 2.65 bits per heavy atom. The van der Waals surface area contributed by atoms with Gasteiger partial charge in [0.2, 0.25) is 0 Å². The van der Waals surface area contributed by atoms with Crippen molar-refractivity contribution in [3.8, 4) is 0 Å². The van der Waals surface area contributed by atoms with Crippen LogP contribution in [0.5, 0.6) is 0 Å². The lowest BCUT2D eigenvalue weighted by molar-refractivity contribution is -0.133. The number of aliphatic hydroxyl groups is 2. The van der Waals surface area contributed by atoms with Gasteiger partial charge in [-0.15, -0.1) is 0 Å². The molecule has 192 valence electrons. The average Bonchev–Trinajstić information content (AvgIpc) is 2.99. The molecule has 5 atom stereocenters. The van der Waals surface area contributed by atoms with Crippen LogP contribution in [0.25, 0.3) is 0 Å². The third-order valence-corrected chi connectivity index (χ3v) is 7.17. The zero-order chi connectivity index (χ0) is 24.9. The number of hydrogen-bond donors (Lipinski definition) is 5. The van der Waals surface area contributed by atoms with Gasteiger partial charge in [-0.1, -0.05) is 31.8 Å². The number of rotatable bonds is 4. The Labute approximate surface area is 199 Å². The molecule has 5 unspecified atom stereocenters. The second-order valence-corrected chi connectivity index (χ2v) is 10.5. The van der Waals surface area contributed by atoms with Gasteiger partial charge < -0.3 is 35.4 Å². The molecule has 6 N–H and O–H groups in total. The summed E-state index contributed by atoms with van der Waals surface area (Å²) in [5.41, 5.74) is 5.84. The molecule has 11 nitrogen and oxygen atoms in total. The van der Waals surface area contributed by atoms with Gasteiger partial charge in [0.1, 0.15) is 35.8 Å². The number of likely N-dealkylation sites (N-methyl/N-ethyl adjacent to an activating group) is 1. The smallest absolute Gasteiger partial charge is 0.387 e. The molecule has 1 amide bonds. The first kappa shape index (κ1) is 27.0. The molecule has 2 heterocycles. The molecule has 3 rings (SSSR count). The second-order valence-electron chi connectivity index (χ2n) is 9.25. The Morgan fingerprint density at radius 2 is 1.91 bits per heavy atom. The lowest BCUT2D eigenvalue weighted by atomic mass is 9.84. The maximum absolute atomic E-state index is 13.2. The fourth-order valence-electron chi connectivity index (χ4n) is 4.86. The Kier molecular flexibility index (Phi) is 9.08. The van der Waals surface area contributed by atoms with Crippen molar-refractivity contribution in [3.05, 3.63) is 23.9 Å². The van der Waals surface area contributed by atoms with E-state index in [9.17, 15) is 19.6 Å². The van der Waals surface area contributed by atoms with E-state index in [1.54, 1.807) is 19.3 Å². The number of phosphoric acid groups is 1. The van der Waals surface area contributed by atoms with Gasteiger partial charge in [-0.3, -0.25) is 14.3 Å². The molecule has 1 spiro atoms. The van der Waals surface area contributed by atoms with E-state index in [0.29, 0.717) is 31.5 Å². The van der Waals surface area contributed by atoms with Gasteiger partial charge >= 0.3 is 7.82 Å². The van der Waals surface area contributed by atoms with Gasteiger partial charge in [-0.05, 0) is 43.8 Å². The largest absolute Gasteiger partial charge is 0.469 e. The van der Waals surface area contributed by atoms with E-state index in [2.05, 4.69) is 9.52 Å². The number of carbonyl (C=O) groups is 1. The highest BCUT2D eigenvalue weighted by Crippen LogP contribution is 2.38. The highest BCUT2D eigenvalue weighted by atomic mass is 31.2. The van der Waals surface area contributed by atoms with E-state index in [1.165, 1.54) is 4.90 Å². The van der Waals surface area contributed by atoms with Crippen molar-refractivity contribution < 1.29 is 38.6 Å². The summed E-state index contributed by atoms with van der Waals surface area (Å²) in [6, 6.07) is 0. The van der Waals surface area contributed by atoms with Crippen molar-refractivity contribution in [3.63, 3.8) is 0 Å². The third kappa shape index (κ3) is 6.75. The summed E-state index contributed by atoms with van der Waals surface area (Å²) < 4.78 is 21.3. The number of phosphoric ester groups is 1. The van der Waals surface area contributed by atoms with Crippen LogP contribution in [0.1, 0.15) is 57.8 Å². The third-order valence-electron chi connectivity index (χ3n) is 6.69. The number of amidine groups is 1. The average molecular weight is 502 g/mol. The van der Waals surface area contributed by atoms with Crippen LogP contribution in [0.4, 0.5) is 0 Å². The molecule has 2 aliphatic heterocycles. The number of amides is 1. The van der Waals surface area contributed by atoms with Crippen LogP contribution in [-0.4, -0.2) is 80.3 Å². The number of nitrogens with two attached hydrogens (primary N) is 1. The number of ether oxygens (including phenoxy) is 1. The Morgan fingerprint density at radius 1 is 1.21 bits per heavy atom. The second kappa shape index (κ2) is 11.4. The summed E-state index contributed by atoms with van der Waals surface area (Å²) >= 11 is 0. The summed E-state index contributed by atoms with van der Waals surface area (Å²) in [6.45, 7) is -0.544. The predicted octanol–water partition coefficient (Wildman–Crippen LogP) is 1.12. The summed E-state index contributed by atoms with van der Waals surface area (Å²) in [4.78, 5) is 37.2. The lowest BCUT2D eigenvalue weighted by Crippen LogP contribution is -2.44. The zero-order valence-electron chi connectivity index (χ0n) is 19.5. The number of hydrogen-bond acceptors (Lipinski definition) is 8. The number of aliphatic imine (C=N–C) groups is 1. The molecule has 0 saturated carbocycles. The van der Waals surface area contributed by atoms with Crippen LogP contribution in [0.2, 0.25) is 0 Å². The van der Waals surface area contributed by atoms with E-state index in [1.807, 2.05) is 6.08 Å². The van der Waals surface area contributed by atoms with Gasteiger partial charge in [-0.2, -0.15) is 0 Å². The first-order valence-electron chi connectivity index (χ1n) is 11.7. The molecular weight excluding hydrogens is 465 g/mol. The molecule has 0 radical (unpaired) electrons. The normalized spacial score (nSPS) is 35.8. The van der Waals surface area contributed by atoms with Gasteiger partial charge in [0.05, 0.1) is 6.61 Å². The summed E-state index contributed by atoms with van der Waals surface area (Å²) in [6.07, 6.45) is 7.43. The number of aliphatic hydroxyl groups excluding tert-OH is 2. The first-order chi connectivity index (χ1) is 16.0. The van der Waals surface area contributed by atoms with Crippen LogP contribution < -0.4 is 5.73 Å². The van der Waals surface area contributed by atoms with Gasteiger partial charge in [0.25, 0.3) is 5.91 Å². The number of allylic oxidation sites excluding steroid dienone is 1. The molecule has 0 aromatic rings. The minimum atomic E-state index is -4.74. The van der Waals surface area contributed by atoms with Crippen molar-refractivity contribution >= 4 is 19.6 Å². The first-order valence-corrected chi connectivity index (χ1v) is 13.3. The van der Waals surface area contributed by atoms with Crippen LogP contribution in [-0.2, 0) is 18.6 Å². The Hall–Kier alpha value is -1.59. The minimum Gasteiger partial charge on any atom is -0.387 e. The van der Waals surface area contributed by atoms with Gasteiger partial charge in [-0.25, -0.2) is 4.57 Å². The zero-order valence-corrected chi connectivity index (χ0v) is 20.3. The van der Waals surface area contributed by atoms with E-state index >= 15 is 0 Å². The molecule has 1 fully saturated rings. The maximum atomic E-state index is 13.2. The minimum absolute atomic E-state index is 0.113. The van der Waals surface area contributed by atoms with Crippen molar-refractivity contribution in [2.45, 2.75) is 87.7 Å². The quantitative estimate of drug-likeness (QED) is 0.279. The highest BCUT2D eigenvalue weighted by molar-refractivity contribution is 7.46. The van der Waals surface area contributed by atoms with Crippen molar-refractivity contribution in [2.24, 2.45) is 10.7 Å². The number of nitrogens with zero attached hydrogens (tertiary/aromatic N) is 2. The molecule has 12 heteroatoms. The molecule has 0 bridgehead atoms. The monoisotopic (exact) mass is 501 g/mol. The summed E-state index contributed by atoms with van der Waals surface area (Å²) in [5, 5.41) is 21.0. The molecule has 0 aromatic heterocycles. The van der Waals surface area contributed by atoms with Crippen LogP contribution in [0, 0.1) is 0 Å². The fourth-order valence-corrected chi connectivity index (χ4v) is 5.21. The van der Waals surface area contributed by atoms with Crippen molar-refractivity contribution in [1.29, 1.82) is 0 Å². The van der Waals surface area contributed by atoms with Crippen LogP contribution in [0.15, 0.2) is 28.9 Å². The highest BCUT2D eigenvalue weighted by Gasteiger charge is 2.45. The van der Waals surface area contributed by atoms with Gasteiger partial charge in [0.15, 0.2) is 0 Å². The molecule has 34 heavy (non-hydrogen) atoms. The van der Waals surface area contributed by atoms with E-state index in [-0.39, 0.29) is 5.91 Å². The lowest BCUT2D eigenvalue weighted by Gasteiger charge is -2.31. The van der Waals surface area contributed by atoms with Crippen LogP contribution >= 0.6 is 7.82 Å². The molecule has 1 aliphatic carbocycles. The standard InChI is InChI=1S/C22H36N3O8P/c1-25-13-10-17(23)24-22(21(25)28)11-6-4-2-3-5-8-15(9-7-12-22)20-19(27)18(26)16(33-20)14-32-34(29,30)31/h9-10,13,16,18-20,26-27H,2-8,11-12,14H2,1H3,(H2,23,24)(H2,29,30,31)/b15-9+. The van der Waals surface area contributed by atoms with E-state index in [4.69, 9.17) is 20.3 Å². The van der Waals surface area contributed by atoms with Gasteiger partial charge in [0, 0.05) is 13.2 Å². The Balaban J connectivity index is 1.80. The Bertz CT molecular complexity index is 872. The summed E-state index contributed by atoms with van der Waals surface area (Å²) in [5.74, 6) is 0.193. The SMILES string of the molecule is CN1C=CC(N)=NC2(CC/C=C(/C3OC(COP(=O)(O)O)C(O)C3O)CCCCCCC2)C1=O. The fraction of sp³-hybridized carbons (Fsp3) is 0.727. The predicted molar refractivity (Wildman–Crippen MR) is 125 cm³/mol. The molecule has 3 aliphatic rings. The summed E-state index contributed by atoms with van der Waals surface area (Å²) in [7, 11) is -3.05. The molecular formula is C22H36N3O8P. The van der Waals surface area contributed by atoms with E-state index in [0.717, 1.165) is 37.7 Å². The van der Waals surface area contributed by atoms with E-state index < -0.39 is 44.4 Å².